The highest BCUT2D eigenvalue weighted by atomic mass is 19.4. The number of benzene rings is 3. The molecule has 0 fully saturated rings. The zero-order chi connectivity index (χ0) is 23.6. The van der Waals surface area contributed by atoms with Crippen molar-refractivity contribution in [1.29, 1.82) is 5.41 Å². The number of alkyl halides is 3. The summed E-state index contributed by atoms with van der Waals surface area (Å²) in [5, 5.41) is 18.8. The summed E-state index contributed by atoms with van der Waals surface area (Å²) < 4.78 is 65.0. The van der Waals surface area contributed by atoms with Gasteiger partial charge in [0.2, 0.25) is 0 Å². The van der Waals surface area contributed by atoms with Gasteiger partial charge in [-0.05, 0) is 65.1 Å². The number of amides is 1. The molecule has 10 heteroatoms. The number of carbonyl (C=O) groups is 1. The van der Waals surface area contributed by atoms with Crippen LogP contribution in [0.1, 0.15) is 16.7 Å². The van der Waals surface area contributed by atoms with Gasteiger partial charge in [0.05, 0.1) is 0 Å². The summed E-state index contributed by atoms with van der Waals surface area (Å²) in [6, 6.07) is 11.4. The van der Waals surface area contributed by atoms with Crippen LogP contribution in [0.15, 0.2) is 54.6 Å². The molecule has 0 atom stereocenters. The predicted molar refractivity (Wildman–Crippen MR) is 108 cm³/mol. The third kappa shape index (κ3) is 5.20. The van der Waals surface area contributed by atoms with Crippen LogP contribution in [0, 0.1) is 17.0 Å². The number of nitrogens with one attached hydrogen (secondary N) is 2. The highest BCUT2D eigenvalue weighted by Crippen LogP contribution is 2.32. The highest BCUT2D eigenvalue weighted by Gasteiger charge is 2.39. The summed E-state index contributed by atoms with van der Waals surface area (Å²) in [5.41, 5.74) is 7.26. The van der Waals surface area contributed by atoms with Crippen molar-refractivity contribution in [1.82, 2.24) is 5.32 Å². The lowest BCUT2D eigenvalue weighted by molar-refractivity contribution is -0.171. The SMILES string of the molecule is N=C(NC(=O)C(F)(F)F)c1cc(Cc2cc(F)cc(F)c2)c(-c2ccc(O)cc2)cc1N. The molecule has 0 aliphatic rings. The molecule has 1 amide bonds. The van der Waals surface area contributed by atoms with Crippen molar-refractivity contribution in [2.75, 3.05) is 5.73 Å². The average Bonchev–Trinajstić information content (AvgIpc) is 2.68. The minimum absolute atomic E-state index is 0.0104. The molecule has 5 N–H and O–H groups in total. The Morgan fingerprint density at radius 1 is 1.00 bits per heavy atom. The molecular formula is C22H16F5N3O2. The second kappa shape index (κ2) is 8.66. The van der Waals surface area contributed by atoms with E-state index in [-0.39, 0.29) is 29.0 Å². The van der Waals surface area contributed by atoms with Gasteiger partial charge in [0, 0.05) is 17.3 Å². The quantitative estimate of drug-likeness (QED) is 0.204. The van der Waals surface area contributed by atoms with Crippen molar-refractivity contribution in [3.05, 3.63) is 82.9 Å². The molecule has 0 aliphatic carbocycles. The van der Waals surface area contributed by atoms with E-state index in [0.29, 0.717) is 22.8 Å². The van der Waals surface area contributed by atoms with Gasteiger partial charge in [-0.3, -0.25) is 10.2 Å². The van der Waals surface area contributed by atoms with E-state index in [9.17, 15) is 31.9 Å². The monoisotopic (exact) mass is 449 g/mol. The number of nitrogen functional groups attached to an aromatic ring is 1. The number of hydrogen-bond donors (Lipinski definition) is 4. The van der Waals surface area contributed by atoms with Crippen molar-refractivity contribution in [3.63, 3.8) is 0 Å². The van der Waals surface area contributed by atoms with E-state index in [1.165, 1.54) is 29.6 Å². The van der Waals surface area contributed by atoms with Gasteiger partial charge in [0.25, 0.3) is 0 Å². The predicted octanol–water partition coefficient (Wildman–Crippen LogP) is 4.51. The van der Waals surface area contributed by atoms with Crippen molar-refractivity contribution < 1.29 is 31.9 Å². The lowest BCUT2D eigenvalue weighted by Crippen LogP contribution is -2.40. The Kier molecular flexibility index (Phi) is 6.15. The van der Waals surface area contributed by atoms with Crippen molar-refractivity contribution in [2.24, 2.45) is 0 Å². The Balaban J connectivity index is 2.09. The van der Waals surface area contributed by atoms with Crippen LogP contribution in [0.2, 0.25) is 0 Å². The number of anilines is 1. The fourth-order valence-electron chi connectivity index (χ4n) is 3.12. The first kappa shape index (κ1) is 22.7. The summed E-state index contributed by atoms with van der Waals surface area (Å²) in [4.78, 5) is 11.2. The van der Waals surface area contributed by atoms with Crippen LogP contribution in [0.3, 0.4) is 0 Å². The molecule has 0 saturated heterocycles. The summed E-state index contributed by atoms with van der Waals surface area (Å²) in [5.74, 6) is -4.85. The minimum Gasteiger partial charge on any atom is -0.508 e. The summed E-state index contributed by atoms with van der Waals surface area (Å²) >= 11 is 0. The number of nitrogens with two attached hydrogens (primary N) is 1. The standard InChI is InChI=1S/C22H16F5N3O2/c23-14-6-11(7-15(24)9-14)5-13-8-18(20(29)30-21(32)22(25,26)27)19(28)10-17(13)12-1-3-16(31)4-2-12/h1-4,6-10,31H,5,28H2,(H2,29,30,32). The summed E-state index contributed by atoms with van der Waals surface area (Å²) in [7, 11) is 0. The van der Waals surface area contributed by atoms with Crippen LogP contribution >= 0.6 is 0 Å². The second-order valence-corrected chi connectivity index (χ2v) is 6.92. The van der Waals surface area contributed by atoms with E-state index in [1.807, 2.05) is 0 Å². The van der Waals surface area contributed by atoms with E-state index in [2.05, 4.69) is 0 Å². The van der Waals surface area contributed by atoms with E-state index >= 15 is 0 Å². The molecule has 3 rings (SSSR count). The third-order valence-corrected chi connectivity index (χ3v) is 4.54. The van der Waals surface area contributed by atoms with Gasteiger partial charge in [0.15, 0.2) is 0 Å². The molecule has 3 aromatic carbocycles. The van der Waals surface area contributed by atoms with Crippen LogP contribution in [-0.2, 0) is 11.2 Å². The number of hydrogen-bond acceptors (Lipinski definition) is 4. The minimum atomic E-state index is -5.20. The van der Waals surface area contributed by atoms with Gasteiger partial charge in [0.1, 0.15) is 23.2 Å². The maximum atomic E-state index is 13.6. The van der Waals surface area contributed by atoms with Gasteiger partial charge in [-0.25, -0.2) is 8.78 Å². The fourth-order valence-corrected chi connectivity index (χ4v) is 3.12. The lowest BCUT2D eigenvalue weighted by Gasteiger charge is -2.17. The number of aromatic hydroxyl groups is 1. The second-order valence-electron chi connectivity index (χ2n) is 6.92. The number of phenolic OH excluding ortho intramolecular Hbond substituents is 1. The number of phenols is 1. The zero-order valence-corrected chi connectivity index (χ0v) is 16.2. The highest BCUT2D eigenvalue weighted by molar-refractivity contribution is 6.10. The molecule has 0 bridgehead atoms. The van der Waals surface area contributed by atoms with Crippen molar-refractivity contribution in [2.45, 2.75) is 12.6 Å². The first-order valence-corrected chi connectivity index (χ1v) is 9.08. The number of halogens is 5. The van der Waals surface area contributed by atoms with Crippen LogP contribution in [0.25, 0.3) is 11.1 Å². The Morgan fingerprint density at radius 3 is 2.16 bits per heavy atom. The molecule has 32 heavy (non-hydrogen) atoms. The van der Waals surface area contributed by atoms with E-state index in [4.69, 9.17) is 11.1 Å². The molecule has 0 spiro atoms. The molecule has 0 radical (unpaired) electrons. The third-order valence-electron chi connectivity index (χ3n) is 4.54. The number of rotatable bonds is 4. The van der Waals surface area contributed by atoms with E-state index < -0.39 is 29.6 Å². The number of carbonyl (C=O) groups excluding carboxylic acids is 1. The molecule has 3 aromatic rings. The van der Waals surface area contributed by atoms with Gasteiger partial charge >= 0.3 is 12.1 Å². The molecule has 5 nitrogen and oxygen atoms in total. The van der Waals surface area contributed by atoms with Gasteiger partial charge < -0.3 is 16.2 Å². The molecule has 0 aliphatic heterocycles. The maximum absolute atomic E-state index is 13.6. The first-order chi connectivity index (χ1) is 14.9. The molecular weight excluding hydrogens is 433 g/mol. The van der Waals surface area contributed by atoms with Crippen LogP contribution in [0.5, 0.6) is 5.75 Å². The Labute approximate surface area is 178 Å². The van der Waals surface area contributed by atoms with Crippen LogP contribution < -0.4 is 11.1 Å². The van der Waals surface area contributed by atoms with Gasteiger partial charge in [-0.15, -0.1) is 0 Å². The zero-order valence-electron chi connectivity index (χ0n) is 16.2. The topological polar surface area (TPSA) is 99.2 Å². The normalized spacial score (nSPS) is 11.3. The summed E-state index contributed by atoms with van der Waals surface area (Å²) in [6.07, 6.45) is -5.26. The van der Waals surface area contributed by atoms with Gasteiger partial charge in [-0.2, -0.15) is 13.2 Å². The number of amidine groups is 1. The fraction of sp³-hybridized carbons (Fsp3) is 0.0909. The van der Waals surface area contributed by atoms with Gasteiger partial charge in [-0.1, -0.05) is 12.1 Å². The summed E-state index contributed by atoms with van der Waals surface area (Å²) in [6.45, 7) is 0. The molecule has 0 heterocycles. The van der Waals surface area contributed by atoms with E-state index in [1.54, 1.807) is 12.1 Å². The Bertz CT molecular complexity index is 1170. The Morgan fingerprint density at radius 2 is 1.59 bits per heavy atom. The maximum Gasteiger partial charge on any atom is 0.471 e. The van der Waals surface area contributed by atoms with Crippen LogP contribution in [0.4, 0.5) is 27.6 Å². The van der Waals surface area contributed by atoms with E-state index in [0.717, 1.165) is 12.1 Å². The molecule has 0 saturated carbocycles. The largest absolute Gasteiger partial charge is 0.508 e. The average molecular weight is 449 g/mol. The molecule has 0 unspecified atom stereocenters. The Hall–Kier alpha value is -3.95. The lowest BCUT2D eigenvalue weighted by atomic mass is 9.91. The van der Waals surface area contributed by atoms with Crippen LogP contribution in [-0.4, -0.2) is 23.0 Å². The molecule has 166 valence electrons. The van der Waals surface area contributed by atoms with Crippen molar-refractivity contribution >= 4 is 17.4 Å². The molecule has 0 aromatic heterocycles. The van der Waals surface area contributed by atoms with Crippen molar-refractivity contribution in [3.8, 4) is 16.9 Å². The smallest absolute Gasteiger partial charge is 0.471 e. The first-order valence-electron chi connectivity index (χ1n) is 9.08.